The van der Waals surface area contributed by atoms with Crippen LogP contribution in [0.15, 0.2) is 219 Å². The molecule has 0 bridgehead atoms. The molecule has 0 atom stereocenters. The molecular formula is C53H40N4. The number of nitrogen functional groups attached to an aromatic ring is 1. The Balaban J connectivity index is 0.000000296. The highest BCUT2D eigenvalue weighted by atomic mass is 14.6. The molecule has 4 nitrogen and oxygen atoms in total. The molecule has 9 rings (SSSR count). The van der Waals surface area contributed by atoms with Crippen molar-refractivity contribution < 1.29 is 0 Å². The minimum atomic E-state index is 0.221. The van der Waals surface area contributed by atoms with Crippen LogP contribution in [0.2, 0.25) is 0 Å². The summed E-state index contributed by atoms with van der Waals surface area (Å²) in [5.41, 5.74) is 22.2. The zero-order valence-corrected chi connectivity index (χ0v) is 31.3. The van der Waals surface area contributed by atoms with Crippen molar-refractivity contribution >= 4 is 28.3 Å². The summed E-state index contributed by atoms with van der Waals surface area (Å²) in [6.45, 7) is 0. The monoisotopic (exact) mass is 732 g/mol. The summed E-state index contributed by atoms with van der Waals surface area (Å²) in [5, 5.41) is 17.2. The van der Waals surface area contributed by atoms with Gasteiger partial charge >= 0.3 is 0 Å². The summed E-state index contributed by atoms with van der Waals surface area (Å²) in [4.78, 5) is 3.96. The highest BCUT2D eigenvalue weighted by Crippen LogP contribution is 2.32. The van der Waals surface area contributed by atoms with Crippen LogP contribution in [0.3, 0.4) is 0 Å². The van der Waals surface area contributed by atoms with E-state index in [1.54, 1.807) is 18.5 Å². The van der Waals surface area contributed by atoms with Crippen molar-refractivity contribution in [3.63, 3.8) is 0 Å². The number of pyridine rings is 1. The number of nitrogens with zero attached hydrogens (tertiary/aromatic N) is 1. The smallest absolute Gasteiger partial charge is 0.0867 e. The lowest BCUT2D eigenvalue weighted by Crippen LogP contribution is -2.15. The lowest BCUT2D eigenvalue weighted by Gasteiger charge is -2.17. The van der Waals surface area contributed by atoms with E-state index in [1.165, 1.54) is 22.3 Å². The fourth-order valence-corrected chi connectivity index (χ4v) is 6.93. The molecule has 0 radical (unpaired) electrons. The van der Waals surface area contributed by atoms with E-state index in [9.17, 15) is 0 Å². The van der Waals surface area contributed by atoms with Crippen molar-refractivity contribution in [1.82, 2.24) is 4.98 Å². The predicted molar refractivity (Wildman–Crippen MR) is 240 cm³/mol. The first kappa shape index (κ1) is 36.3. The predicted octanol–water partition coefficient (Wildman–Crippen LogP) is 13.2. The third kappa shape index (κ3) is 8.51. The number of nitrogens with one attached hydrogen (secondary N) is 2. The number of allylic oxidation sites excluding steroid dienone is 4. The quantitative estimate of drug-likeness (QED) is 0.113. The zero-order valence-electron chi connectivity index (χ0n) is 31.3. The normalized spacial score (nSPS) is 12.2. The van der Waals surface area contributed by atoms with Gasteiger partial charge in [-0.05, 0) is 109 Å². The first-order valence-corrected chi connectivity index (χ1v) is 18.9. The number of nitrogens with two attached hydrogens (primary N) is 1. The van der Waals surface area contributed by atoms with Gasteiger partial charge in [-0.1, -0.05) is 170 Å². The summed E-state index contributed by atoms with van der Waals surface area (Å²) in [7, 11) is 0. The standard InChI is InChI=1S/C42H30N2.C11H10N2/c43-41-28-39(37-21-19-35(20-22-37)33-15-11-31(12-16-33)29-7-3-1-4-8-29)27-40(42(41)44)38-25-23-36(24-26-38)34-17-13-32(14-18-34)30-9-5-2-6-10-30;12-11-3-1-9(2-4-11)10-5-7-13-8-6-10/h1-28,43-44H;1-8H,12H2. The van der Waals surface area contributed by atoms with Crippen LogP contribution >= 0.6 is 0 Å². The summed E-state index contributed by atoms with van der Waals surface area (Å²) in [5.74, 6) is 0. The SMILES string of the molecule is N=C1C=C(c2ccc(-c3ccc(-c4ccccc4)cc3)cc2)C=C(c2ccc(-c3ccc(-c4ccccc4)cc3)cc2)C1=N.Nc1ccc(-c2ccncc2)cc1. The van der Waals surface area contributed by atoms with Crippen LogP contribution in [-0.2, 0) is 0 Å². The molecule has 0 saturated carbocycles. The highest BCUT2D eigenvalue weighted by molar-refractivity contribution is 6.61. The second-order valence-electron chi connectivity index (χ2n) is 13.8. The van der Waals surface area contributed by atoms with Gasteiger partial charge in [0.05, 0.1) is 11.4 Å². The third-order valence-electron chi connectivity index (χ3n) is 10.1. The first-order valence-electron chi connectivity index (χ1n) is 18.9. The van der Waals surface area contributed by atoms with Crippen molar-refractivity contribution in [2.45, 2.75) is 0 Å². The maximum atomic E-state index is 8.65. The number of anilines is 1. The lowest BCUT2D eigenvalue weighted by molar-refractivity contribution is 1.33. The molecule has 0 saturated heterocycles. The average molecular weight is 733 g/mol. The number of hydrogen-bond donors (Lipinski definition) is 3. The molecule has 7 aromatic carbocycles. The molecule has 272 valence electrons. The van der Waals surface area contributed by atoms with Crippen LogP contribution in [0.4, 0.5) is 5.69 Å². The van der Waals surface area contributed by atoms with Gasteiger partial charge in [0.15, 0.2) is 0 Å². The highest BCUT2D eigenvalue weighted by Gasteiger charge is 2.19. The minimum Gasteiger partial charge on any atom is -0.399 e. The molecule has 8 aromatic rings. The Bertz CT molecular complexity index is 2680. The molecule has 0 fully saturated rings. The van der Waals surface area contributed by atoms with E-state index in [2.05, 4.69) is 151 Å². The van der Waals surface area contributed by atoms with Crippen LogP contribution < -0.4 is 5.73 Å². The van der Waals surface area contributed by atoms with E-state index in [-0.39, 0.29) is 11.4 Å². The van der Waals surface area contributed by atoms with Gasteiger partial charge in [0.25, 0.3) is 0 Å². The van der Waals surface area contributed by atoms with E-state index in [0.717, 1.165) is 61.3 Å². The average Bonchev–Trinajstić information content (AvgIpc) is 3.29. The van der Waals surface area contributed by atoms with E-state index < -0.39 is 0 Å². The molecule has 4 heteroatoms. The Morgan fingerprint density at radius 3 is 1.04 bits per heavy atom. The molecular weight excluding hydrogens is 693 g/mol. The van der Waals surface area contributed by atoms with Gasteiger partial charge in [0, 0.05) is 23.7 Å². The van der Waals surface area contributed by atoms with Gasteiger partial charge < -0.3 is 5.73 Å². The van der Waals surface area contributed by atoms with Crippen LogP contribution in [0.1, 0.15) is 11.1 Å². The first-order chi connectivity index (χ1) is 28.0. The fourth-order valence-electron chi connectivity index (χ4n) is 6.93. The van der Waals surface area contributed by atoms with Crippen molar-refractivity contribution in [1.29, 1.82) is 10.8 Å². The summed E-state index contributed by atoms with van der Waals surface area (Å²) in [6.07, 6.45) is 7.39. The van der Waals surface area contributed by atoms with Gasteiger partial charge in [0.1, 0.15) is 0 Å². The second kappa shape index (κ2) is 16.8. The van der Waals surface area contributed by atoms with Gasteiger partial charge in [-0.25, -0.2) is 0 Å². The van der Waals surface area contributed by atoms with Crippen LogP contribution in [0, 0.1) is 10.8 Å². The number of rotatable bonds is 7. The van der Waals surface area contributed by atoms with Crippen LogP contribution in [0.5, 0.6) is 0 Å². The van der Waals surface area contributed by atoms with Gasteiger partial charge in [-0.3, -0.25) is 15.8 Å². The van der Waals surface area contributed by atoms with Gasteiger partial charge in [-0.2, -0.15) is 0 Å². The van der Waals surface area contributed by atoms with Crippen molar-refractivity contribution in [3.05, 3.63) is 230 Å². The number of hydrogen-bond acceptors (Lipinski definition) is 4. The largest absolute Gasteiger partial charge is 0.399 e. The lowest BCUT2D eigenvalue weighted by atomic mass is 9.87. The van der Waals surface area contributed by atoms with Gasteiger partial charge in [-0.15, -0.1) is 0 Å². The second-order valence-corrected chi connectivity index (χ2v) is 13.8. The summed E-state index contributed by atoms with van der Waals surface area (Å²) < 4.78 is 0. The van der Waals surface area contributed by atoms with E-state index in [4.69, 9.17) is 16.6 Å². The maximum absolute atomic E-state index is 8.65. The molecule has 0 spiro atoms. The van der Waals surface area contributed by atoms with E-state index in [1.807, 2.05) is 54.6 Å². The maximum Gasteiger partial charge on any atom is 0.0867 e. The van der Waals surface area contributed by atoms with E-state index in [0.29, 0.717) is 0 Å². The van der Waals surface area contributed by atoms with Crippen molar-refractivity contribution in [2.75, 3.05) is 5.73 Å². The number of aromatic nitrogens is 1. The van der Waals surface area contributed by atoms with Crippen LogP contribution in [0.25, 0.3) is 66.8 Å². The van der Waals surface area contributed by atoms with E-state index >= 15 is 0 Å². The molecule has 0 amide bonds. The summed E-state index contributed by atoms with van der Waals surface area (Å²) >= 11 is 0. The van der Waals surface area contributed by atoms with Crippen molar-refractivity contribution in [2.24, 2.45) is 0 Å². The molecule has 1 aromatic heterocycles. The fraction of sp³-hybridized carbons (Fsp3) is 0. The zero-order chi connectivity index (χ0) is 39.0. The molecule has 1 aliphatic rings. The Hall–Kier alpha value is -7.69. The minimum absolute atomic E-state index is 0.221. The Morgan fingerprint density at radius 1 is 0.316 bits per heavy atom. The van der Waals surface area contributed by atoms with Gasteiger partial charge in [0.2, 0.25) is 0 Å². The topological polar surface area (TPSA) is 86.6 Å². The van der Waals surface area contributed by atoms with Crippen LogP contribution in [-0.4, -0.2) is 16.4 Å². The molecule has 0 unspecified atom stereocenters. The molecule has 1 aliphatic carbocycles. The molecule has 57 heavy (non-hydrogen) atoms. The summed E-state index contributed by atoms with van der Waals surface area (Å²) in [6, 6.07) is 66.6. The van der Waals surface area contributed by atoms with Crippen molar-refractivity contribution in [3.8, 4) is 55.6 Å². The molecule has 1 heterocycles. The third-order valence-corrected chi connectivity index (χ3v) is 10.1. The Morgan fingerprint density at radius 2 is 0.632 bits per heavy atom. The Kier molecular flexibility index (Phi) is 10.7. The Labute approximate surface area is 334 Å². The molecule has 0 aliphatic heterocycles. The number of benzene rings is 7. The molecule has 4 N–H and O–H groups in total.